The van der Waals surface area contributed by atoms with Gasteiger partial charge in [0.15, 0.2) is 0 Å². The van der Waals surface area contributed by atoms with E-state index in [1.54, 1.807) is 6.07 Å². The molecule has 3 aromatic rings. The van der Waals surface area contributed by atoms with Crippen molar-refractivity contribution in [3.63, 3.8) is 0 Å². The van der Waals surface area contributed by atoms with Gasteiger partial charge in [-0.25, -0.2) is 4.79 Å². The number of aliphatic hydroxyl groups excluding tert-OH is 1. The maximum atomic E-state index is 13.2. The van der Waals surface area contributed by atoms with Crippen molar-refractivity contribution in [3.05, 3.63) is 89.0 Å². The smallest absolute Gasteiger partial charge is 0.335 e. The second-order valence-corrected chi connectivity index (χ2v) is 10.5. The third-order valence-corrected chi connectivity index (χ3v) is 7.90. The predicted octanol–water partition coefficient (Wildman–Crippen LogP) is 3.59. The number of rotatable bonds is 6. The van der Waals surface area contributed by atoms with Crippen molar-refractivity contribution in [1.29, 1.82) is 0 Å². The van der Waals surface area contributed by atoms with E-state index in [2.05, 4.69) is 10.2 Å². The maximum absolute atomic E-state index is 13.2. The van der Waals surface area contributed by atoms with Crippen molar-refractivity contribution in [2.45, 2.75) is 31.3 Å². The predicted molar refractivity (Wildman–Crippen MR) is 152 cm³/mol. The second kappa shape index (κ2) is 10.7. The van der Waals surface area contributed by atoms with Crippen LogP contribution >= 0.6 is 0 Å². The number of aromatic carboxylic acids is 1. The Hall–Kier alpha value is -4.34. The second-order valence-electron chi connectivity index (χ2n) is 10.5. The molecule has 9 heteroatoms. The number of carboxylic acid groups (broad SMARTS) is 1. The summed E-state index contributed by atoms with van der Waals surface area (Å²) in [6, 6.07) is 19.9. The fraction of sp³-hybridized carbons (Fsp3) is 0.290. The highest BCUT2D eigenvalue weighted by Crippen LogP contribution is 2.38. The van der Waals surface area contributed by atoms with Gasteiger partial charge in [0.1, 0.15) is 5.92 Å². The number of nitrogens with one attached hydrogen (secondary N) is 1. The monoisotopic (exact) mass is 538 g/mol. The van der Waals surface area contributed by atoms with Crippen LogP contribution in [0.25, 0.3) is 0 Å². The summed E-state index contributed by atoms with van der Waals surface area (Å²) >= 11 is 0. The maximum Gasteiger partial charge on any atom is 0.335 e. The van der Waals surface area contributed by atoms with Crippen molar-refractivity contribution < 1.29 is 24.6 Å². The molecule has 9 nitrogen and oxygen atoms in total. The van der Waals surface area contributed by atoms with E-state index >= 15 is 0 Å². The fourth-order valence-electron chi connectivity index (χ4n) is 5.78. The number of aliphatic imine (C=N–C) groups is 1. The van der Waals surface area contributed by atoms with Gasteiger partial charge in [0.25, 0.3) is 0 Å². The minimum atomic E-state index is -1.06. The van der Waals surface area contributed by atoms with Crippen molar-refractivity contribution in [2.75, 3.05) is 36.4 Å². The molecule has 0 spiro atoms. The first-order valence-corrected chi connectivity index (χ1v) is 13.5. The lowest BCUT2D eigenvalue weighted by Crippen LogP contribution is -2.43. The Labute approximate surface area is 231 Å². The lowest BCUT2D eigenvalue weighted by Gasteiger charge is -2.30. The van der Waals surface area contributed by atoms with Crippen molar-refractivity contribution in [2.24, 2.45) is 4.99 Å². The summed E-state index contributed by atoms with van der Waals surface area (Å²) in [5.74, 6) is -1.97. The molecule has 3 aliphatic heterocycles. The number of carbonyl (C=O) groups is 3. The van der Waals surface area contributed by atoms with E-state index in [1.165, 1.54) is 12.1 Å². The van der Waals surface area contributed by atoms with Gasteiger partial charge in [-0.1, -0.05) is 36.4 Å². The molecule has 3 aromatic carbocycles. The summed E-state index contributed by atoms with van der Waals surface area (Å²) in [6.07, 6.45) is 1.83. The number of benzene rings is 3. The summed E-state index contributed by atoms with van der Waals surface area (Å²) in [5.41, 5.74) is 5.21. The average Bonchev–Trinajstić information content (AvgIpc) is 3.53. The van der Waals surface area contributed by atoms with E-state index < -0.39 is 11.9 Å². The summed E-state index contributed by atoms with van der Waals surface area (Å²) in [4.78, 5) is 46.7. The van der Waals surface area contributed by atoms with Gasteiger partial charge in [0.2, 0.25) is 11.8 Å². The molecule has 0 saturated carbocycles. The number of nitrogens with zero attached hydrogens (tertiary/aromatic N) is 3. The molecule has 1 unspecified atom stereocenters. The Morgan fingerprint density at radius 1 is 0.950 bits per heavy atom. The summed E-state index contributed by atoms with van der Waals surface area (Å²) in [7, 11) is 0. The topological polar surface area (TPSA) is 123 Å². The molecule has 0 aromatic heterocycles. The first kappa shape index (κ1) is 25.9. The fourth-order valence-corrected chi connectivity index (χ4v) is 5.78. The summed E-state index contributed by atoms with van der Waals surface area (Å²) < 4.78 is 0. The first-order valence-electron chi connectivity index (χ1n) is 13.5. The van der Waals surface area contributed by atoms with Crippen LogP contribution in [0.4, 0.5) is 17.1 Å². The van der Waals surface area contributed by atoms with Gasteiger partial charge in [-0.2, -0.15) is 0 Å². The van der Waals surface area contributed by atoms with E-state index in [1.807, 2.05) is 53.4 Å². The number of piperidine rings is 1. The van der Waals surface area contributed by atoms with Crippen LogP contribution < -0.4 is 10.2 Å². The van der Waals surface area contributed by atoms with Gasteiger partial charge in [-0.3, -0.25) is 19.5 Å². The lowest BCUT2D eigenvalue weighted by molar-refractivity contribution is -0.120. The van der Waals surface area contributed by atoms with Crippen LogP contribution in [-0.2, 0) is 16.0 Å². The number of carboxylic acids is 1. The van der Waals surface area contributed by atoms with Crippen LogP contribution in [0.5, 0.6) is 0 Å². The van der Waals surface area contributed by atoms with Crippen LogP contribution in [0.1, 0.15) is 45.8 Å². The zero-order valence-corrected chi connectivity index (χ0v) is 21.9. The largest absolute Gasteiger partial charge is 0.478 e. The molecule has 1 atom stereocenters. The number of anilines is 2. The van der Waals surface area contributed by atoms with Gasteiger partial charge in [0, 0.05) is 31.0 Å². The van der Waals surface area contributed by atoms with Crippen LogP contribution in [-0.4, -0.2) is 70.9 Å². The van der Waals surface area contributed by atoms with Gasteiger partial charge in [0.05, 0.1) is 29.6 Å². The van der Waals surface area contributed by atoms with Gasteiger partial charge >= 0.3 is 5.97 Å². The van der Waals surface area contributed by atoms with Crippen molar-refractivity contribution in [3.8, 4) is 0 Å². The van der Waals surface area contributed by atoms with E-state index in [0.29, 0.717) is 55.0 Å². The van der Waals surface area contributed by atoms with Gasteiger partial charge in [-0.05, 0) is 66.3 Å². The molecule has 2 amide bonds. The minimum Gasteiger partial charge on any atom is -0.478 e. The number of fused-ring (bicyclic) bond motifs is 2. The Bertz CT molecular complexity index is 1510. The van der Waals surface area contributed by atoms with E-state index in [-0.39, 0.29) is 23.5 Å². The van der Waals surface area contributed by atoms with E-state index in [9.17, 15) is 24.6 Å². The Balaban J connectivity index is 1.30. The van der Waals surface area contributed by atoms with Gasteiger partial charge < -0.3 is 20.4 Å². The molecule has 0 radical (unpaired) electrons. The van der Waals surface area contributed by atoms with Gasteiger partial charge in [-0.15, -0.1) is 0 Å². The third kappa shape index (κ3) is 5.01. The molecular formula is C31H30N4O5. The molecule has 3 heterocycles. The Morgan fingerprint density at radius 3 is 2.48 bits per heavy atom. The molecule has 3 N–H and O–H groups in total. The third-order valence-electron chi connectivity index (χ3n) is 7.90. The number of hydrogen-bond donors (Lipinski definition) is 3. The number of carbonyl (C=O) groups excluding carboxylic acids is 2. The number of amides is 2. The first-order chi connectivity index (χ1) is 19.4. The standard InChI is InChI=1S/C31H30N4O5/c36-23-11-13-34(14-12-23)18-27(37)35-15-10-20-16-22(7-9-26(20)35)32-29(19-4-2-1-3-5-19)28-24-8-6-21(31(39)40)17-25(24)33-30(28)38/h1-9,16-17,23,28,36H,10-15,18H2,(H,33,38)(H,39,40). The number of hydrogen-bond acceptors (Lipinski definition) is 6. The van der Waals surface area contributed by atoms with Crippen LogP contribution in [0.15, 0.2) is 71.7 Å². The highest BCUT2D eigenvalue weighted by molar-refractivity contribution is 6.24. The highest BCUT2D eigenvalue weighted by Gasteiger charge is 2.36. The Morgan fingerprint density at radius 2 is 1.73 bits per heavy atom. The van der Waals surface area contributed by atoms with Crippen molar-refractivity contribution >= 4 is 40.6 Å². The van der Waals surface area contributed by atoms with E-state index in [0.717, 1.165) is 29.9 Å². The molecule has 0 bridgehead atoms. The highest BCUT2D eigenvalue weighted by atomic mass is 16.4. The summed E-state index contributed by atoms with van der Waals surface area (Å²) in [6.45, 7) is 2.38. The molecular weight excluding hydrogens is 508 g/mol. The molecule has 1 saturated heterocycles. The average molecular weight is 539 g/mol. The molecule has 1 fully saturated rings. The minimum absolute atomic E-state index is 0.0522. The molecule has 6 rings (SSSR count). The normalized spacial score (nSPS) is 19.3. The molecule has 3 aliphatic rings. The van der Waals surface area contributed by atoms with Crippen LogP contribution in [0.3, 0.4) is 0 Å². The molecule has 40 heavy (non-hydrogen) atoms. The number of likely N-dealkylation sites (tertiary alicyclic amines) is 1. The SMILES string of the molecule is O=C(O)c1ccc2c(c1)NC(=O)C2C(=Nc1ccc2c(c1)CCN2C(=O)CN1CCC(O)CC1)c1ccccc1. The summed E-state index contributed by atoms with van der Waals surface area (Å²) in [5, 5.41) is 22.0. The van der Waals surface area contributed by atoms with Crippen LogP contribution in [0.2, 0.25) is 0 Å². The molecule has 204 valence electrons. The Kier molecular flexibility index (Phi) is 6.91. The zero-order chi connectivity index (χ0) is 27.8. The van der Waals surface area contributed by atoms with E-state index in [4.69, 9.17) is 4.99 Å². The molecule has 0 aliphatic carbocycles. The zero-order valence-electron chi connectivity index (χ0n) is 21.9. The van der Waals surface area contributed by atoms with Crippen molar-refractivity contribution in [1.82, 2.24) is 4.90 Å². The quantitative estimate of drug-likeness (QED) is 0.413. The lowest BCUT2D eigenvalue weighted by atomic mass is 9.90. The van der Waals surface area contributed by atoms with Crippen LogP contribution in [0, 0.1) is 0 Å². The number of aliphatic hydroxyl groups is 1.